The number of benzene rings is 2. The highest BCUT2D eigenvalue weighted by atomic mass is 16.5. The molecule has 0 aliphatic heterocycles. The number of carboxylic acids is 1. The summed E-state index contributed by atoms with van der Waals surface area (Å²) in [5.41, 5.74) is 1.84. The largest absolute Gasteiger partial charge is 0.508 e. The third-order valence-electron chi connectivity index (χ3n) is 3.27. The van der Waals surface area contributed by atoms with Crippen molar-refractivity contribution < 1.29 is 19.7 Å². The summed E-state index contributed by atoms with van der Waals surface area (Å²) in [6.07, 6.45) is 0. The molecule has 20 heavy (non-hydrogen) atoms. The van der Waals surface area contributed by atoms with Gasteiger partial charge in [-0.05, 0) is 47.4 Å². The van der Waals surface area contributed by atoms with Gasteiger partial charge in [0.25, 0.3) is 0 Å². The maximum atomic E-state index is 10.6. The molecular weight excluding hydrogens is 256 g/mol. The van der Waals surface area contributed by atoms with Crippen molar-refractivity contribution in [3.63, 3.8) is 0 Å². The first-order valence-electron chi connectivity index (χ1n) is 6.51. The summed E-state index contributed by atoms with van der Waals surface area (Å²) in [6.45, 7) is 5.58. The highest BCUT2D eigenvalue weighted by molar-refractivity contribution is 5.92. The van der Waals surface area contributed by atoms with E-state index in [1.165, 1.54) is 0 Å². The van der Waals surface area contributed by atoms with E-state index in [1.54, 1.807) is 12.1 Å². The Morgan fingerprint density at radius 1 is 1.25 bits per heavy atom. The molecule has 2 aromatic carbocycles. The minimum atomic E-state index is -1.01. The first-order valence-corrected chi connectivity index (χ1v) is 6.51. The number of phenols is 1. The van der Waals surface area contributed by atoms with Gasteiger partial charge in [-0.3, -0.25) is 0 Å². The SMILES string of the molecule is Cc1cc(OCC(=O)O)cc2c(C(C)C)c(O)ccc12. The Bertz CT molecular complexity index is 659. The van der Waals surface area contributed by atoms with E-state index in [4.69, 9.17) is 9.84 Å². The molecule has 0 bridgehead atoms. The van der Waals surface area contributed by atoms with Gasteiger partial charge in [0.2, 0.25) is 0 Å². The van der Waals surface area contributed by atoms with Crippen LogP contribution in [0.1, 0.15) is 30.9 Å². The van der Waals surface area contributed by atoms with Crippen LogP contribution < -0.4 is 4.74 Å². The minimum absolute atomic E-state index is 0.160. The van der Waals surface area contributed by atoms with Crippen LogP contribution in [0.5, 0.6) is 11.5 Å². The van der Waals surface area contributed by atoms with Crippen molar-refractivity contribution in [1.29, 1.82) is 0 Å². The van der Waals surface area contributed by atoms with Gasteiger partial charge in [0.15, 0.2) is 6.61 Å². The lowest BCUT2D eigenvalue weighted by atomic mass is 9.93. The van der Waals surface area contributed by atoms with Crippen molar-refractivity contribution in [1.82, 2.24) is 0 Å². The monoisotopic (exact) mass is 274 g/mol. The fourth-order valence-electron chi connectivity index (χ4n) is 2.43. The highest BCUT2D eigenvalue weighted by Crippen LogP contribution is 2.36. The molecular formula is C16H18O4. The van der Waals surface area contributed by atoms with E-state index < -0.39 is 5.97 Å². The van der Waals surface area contributed by atoms with Gasteiger partial charge < -0.3 is 14.9 Å². The quantitative estimate of drug-likeness (QED) is 0.896. The fourth-order valence-corrected chi connectivity index (χ4v) is 2.43. The highest BCUT2D eigenvalue weighted by Gasteiger charge is 2.13. The smallest absolute Gasteiger partial charge is 0.341 e. The molecule has 2 aromatic rings. The number of aryl methyl sites for hydroxylation is 1. The average molecular weight is 274 g/mol. The number of carboxylic acid groups (broad SMARTS) is 1. The molecule has 0 aliphatic carbocycles. The second kappa shape index (κ2) is 5.41. The summed E-state index contributed by atoms with van der Waals surface area (Å²) in [4.78, 5) is 10.6. The predicted molar refractivity (Wildman–Crippen MR) is 77.6 cm³/mol. The first kappa shape index (κ1) is 14.2. The summed E-state index contributed by atoms with van der Waals surface area (Å²) in [5.74, 6) is -0.0947. The van der Waals surface area contributed by atoms with E-state index in [1.807, 2.05) is 32.9 Å². The molecule has 0 heterocycles. The normalized spacial score (nSPS) is 11.0. The van der Waals surface area contributed by atoms with E-state index in [2.05, 4.69) is 0 Å². The molecule has 4 nitrogen and oxygen atoms in total. The van der Waals surface area contributed by atoms with Crippen LogP contribution in [0.2, 0.25) is 0 Å². The number of hydrogen-bond donors (Lipinski definition) is 2. The van der Waals surface area contributed by atoms with Crippen molar-refractivity contribution in [2.45, 2.75) is 26.7 Å². The van der Waals surface area contributed by atoms with Gasteiger partial charge in [0.05, 0.1) is 0 Å². The Balaban J connectivity index is 2.60. The number of fused-ring (bicyclic) bond motifs is 1. The number of ether oxygens (including phenoxy) is 1. The number of hydrogen-bond acceptors (Lipinski definition) is 3. The zero-order chi connectivity index (χ0) is 14.9. The van der Waals surface area contributed by atoms with Crippen LogP contribution in [-0.2, 0) is 4.79 Å². The Morgan fingerprint density at radius 2 is 1.95 bits per heavy atom. The van der Waals surface area contributed by atoms with E-state index in [0.717, 1.165) is 21.9 Å². The molecule has 0 fully saturated rings. The predicted octanol–water partition coefficient (Wildman–Crippen LogP) is 3.44. The third-order valence-corrected chi connectivity index (χ3v) is 3.27. The molecule has 106 valence electrons. The van der Waals surface area contributed by atoms with Gasteiger partial charge in [-0.25, -0.2) is 4.79 Å². The maximum Gasteiger partial charge on any atom is 0.341 e. The zero-order valence-corrected chi connectivity index (χ0v) is 11.8. The molecule has 2 N–H and O–H groups in total. The lowest BCUT2D eigenvalue weighted by Crippen LogP contribution is -2.09. The van der Waals surface area contributed by atoms with Crippen LogP contribution in [0.3, 0.4) is 0 Å². The molecule has 0 saturated heterocycles. The molecule has 4 heteroatoms. The van der Waals surface area contributed by atoms with E-state index in [9.17, 15) is 9.90 Å². The zero-order valence-electron chi connectivity index (χ0n) is 11.8. The van der Waals surface area contributed by atoms with Crippen LogP contribution in [0.4, 0.5) is 0 Å². The van der Waals surface area contributed by atoms with Gasteiger partial charge in [-0.15, -0.1) is 0 Å². The molecule has 0 spiro atoms. The van der Waals surface area contributed by atoms with Crippen LogP contribution in [-0.4, -0.2) is 22.8 Å². The Kier molecular flexibility index (Phi) is 3.84. The summed E-state index contributed by atoms with van der Waals surface area (Å²) in [5, 5.41) is 20.7. The minimum Gasteiger partial charge on any atom is -0.508 e. The first-order chi connectivity index (χ1) is 9.40. The molecule has 0 saturated carbocycles. The molecule has 0 radical (unpaired) electrons. The summed E-state index contributed by atoms with van der Waals surface area (Å²) >= 11 is 0. The van der Waals surface area contributed by atoms with E-state index >= 15 is 0 Å². The Labute approximate surface area is 117 Å². The standard InChI is InChI=1S/C16H18O4/c1-9(2)16-13-7-11(20-8-15(18)19)6-10(3)12(13)4-5-14(16)17/h4-7,9,17H,8H2,1-3H3,(H,18,19). The van der Waals surface area contributed by atoms with Crippen molar-refractivity contribution in [2.75, 3.05) is 6.61 Å². The molecule has 0 unspecified atom stereocenters. The molecule has 0 atom stereocenters. The third kappa shape index (κ3) is 2.69. The van der Waals surface area contributed by atoms with Crippen LogP contribution in [0.25, 0.3) is 10.8 Å². The molecule has 0 aliphatic rings. The molecule has 0 amide bonds. The topological polar surface area (TPSA) is 66.8 Å². The fraction of sp³-hybridized carbons (Fsp3) is 0.312. The van der Waals surface area contributed by atoms with Gasteiger partial charge >= 0.3 is 5.97 Å². The second-order valence-corrected chi connectivity index (χ2v) is 5.17. The maximum absolute atomic E-state index is 10.6. The van der Waals surface area contributed by atoms with E-state index in [0.29, 0.717) is 5.75 Å². The van der Waals surface area contributed by atoms with Crippen molar-refractivity contribution in [3.05, 3.63) is 35.4 Å². The Morgan fingerprint density at radius 3 is 2.55 bits per heavy atom. The van der Waals surface area contributed by atoms with Crippen molar-refractivity contribution in [2.24, 2.45) is 0 Å². The lowest BCUT2D eigenvalue weighted by Gasteiger charge is -2.15. The molecule has 0 aromatic heterocycles. The lowest BCUT2D eigenvalue weighted by molar-refractivity contribution is -0.139. The second-order valence-electron chi connectivity index (χ2n) is 5.17. The van der Waals surface area contributed by atoms with Crippen LogP contribution in [0, 0.1) is 6.92 Å². The van der Waals surface area contributed by atoms with Gasteiger partial charge in [0, 0.05) is 5.56 Å². The average Bonchev–Trinajstić information content (AvgIpc) is 2.35. The number of aromatic hydroxyl groups is 1. The number of phenolic OH excluding ortho intramolecular Hbond substituents is 1. The van der Waals surface area contributed by atoms with Crippen molar-refractivity contribution in [3.8, 4) is 11.5 Å². The van der Waals surface area contributed by atoms with Gasteiger partial charge in [-0.1, -0.05) is 19.9 Å². The number of rotatable bonds is 4. The number of carbonyl (C=O) groups is 1. The van der Waals surface area contributed by atoms with Gasteiger partial charge in [-0.2, -0.15) is 0 Å². The summed E-state index contributed by atoms with van der Waals surface area (Å²) in [6, 6.07) is 7.17. The van der Waals surface area contributed by atoms with Gasteiger partial charge in [0.1, 0.15) is 11.5 Å². The molecule has 2 rings (SSSR count). The summed E-state index contributed by atoms with van der Waals surface area (Å²) < 4.78 is 5.25. The summed E-state index contributed by atoms with van der Waals surface area (Å²) in [7, 11) is 0. The van der Waals surface area contributed by atoms with Crippen LogP contribution in [0.15, 0.2) is 24.3 Å². The van der Waals surface area contributed by atoms with Crippen molar-refractivity contribution >= 4 is 16.7 Å². The number of aliphatic carboxylic acids is 1. The Hall–Kier alpha value is -2.23. The van der Waals surface area contributed by atoms with E-state index in [-0.39, 0.29) is 18.3 Å². The van der Waals surface area contributed by atoms with Crippen LogP contribution >= 0.6 is 0 Å².